The van der Waals surface area contributed by atoms with Gasteiger partial charge in [-0.2, -0.15) is 0 Å². The number of benzene rings is 1. The molecular weight excluding hydrogens is 300 g/mol. The van der Waals surface area contributed by atoms with Crippen LogP contribution in [-0.4, -0.2) is 42.1 Å². The average Bonchev–Trinajstić information content (AvgIpc) is 3.09. The highest BCUT2D eigenvalue weighted by Crippen LogP contribution is 2.63. The predicted molar refractivity (Wildman–Crippen MR) is 92.7 cm³/mol. The van der Waals surface area contributed by atoms with E-state index < -0.39 is 0 Å². The van der Waals surface area contributed by atoms with Crippen LogP contribution in [-0.2, 0) is 10.2 Å². The van der Waals surface area contributed by atoms with Gasteiger partial charge in [-0.15, -0.1) is 0 Å². The number of phenolic OH excluding ortho intramolecular Hbond substituents is 1. The maximum atomic E-state index is 12.1. The first-order valence-electron chi connectivity index (χ1n) is 8.84. The van der Waals surface area contributed by atoms with Gasteiger partial charge in [-0.1, -0.05) is 18.2 Å². The van der Waals surface area contributed by atoms with E-state index in [0.29, 0.717) is 6.04 Å². The molecule has 1 aromatic carbocycles. The van der Waals surface area contributed by atoms with Crippen molar-refractivity contribution in [2.45, 2.75) is 31.2 Å². The molecule has 3 aliphatic heterocycles. The van der Waals surface area contributed by atoms with Gasteiger partial charge < -0.3 is 14.9 Å². The molecule has 0 amide bonds. The van der Waals surface area contributed by atoms with Crippen LogP contribution in [0.25, 0.3) is 0 Å². The van der Waals surface area contributed by atoms with Crippen LogP contribution in [0.15, 0.2) is 41.1 Å². The molecule has 124 valence electrons. The zero-order valence-corrected chi connectivity index (χ0v) is 14.2. The molecule has 4 heteroatoms. The number of carbonyl (C=O) groups excluding carboxylic acids is 1. The van der Waals surface area contributed by atoms with Gasteiger partial charge in [0.15, 0.2) is 0 Å². The number of carbonyl (C=O) groups is 1. The molecule has 3 heterocycles. The van der Waals surface area contributed by atoms with Crippen LogP contribution in [0.2, 0.25) is 0 Å². The second kappa shape index (κ2) is 4.31. The highest BCUT2D eigenvalue weighted by molar-refractivity contribution is 5.85. The summed E-state index contributed by atoms with van der Waals surface area (Å²) < 4.78 is 1.04. The van der Waals surface area contributed by atoms with Crippen LogP contribution in [0.5, 0.6) is 5.75 Å². The smallest absolute Gasteiger partial charge is 0.148 e. The minimum absolute atomic E-state index is 0.130. The number of aromatic hydroxyl groups is 1. The number of fused-ring (bicyclic) bond motifs is 2. The first-order chi connectivity index (χ1) is 11.5. The third-order valence-corrected chi connectivity index (χ3v) is 7.17. The van der Waals surface area contributed by atoms with E-state index in [0.717, 1.165) is 53.7 Å². The predicted octanol–water partition coefficient (Wildman–Crippen LogP) is 2.71. The van der Waals surface area contributed by atoms with E-state index >= 15 is 0 Å². The summed E-state index contributed by atoms with van der Waals surface area (Å²) in [6.07, 6.45) is 5.34. The van der Waals surface area contributed by atoms with Crippen LogP contribution in [0.3, 0.4) is 0 Å². The molecule has 0 aromatic heterocycles. The molecule has 1 spiro atoms. The highest BCUT2D eigenvalue weighted by atomic mass is 16.3. The number of hydrogen-bond donors (Lipinski definition) is 2. The van der Waals surface area contributed by atoms with Crippen molar-refractivity contribution in [3.63, 3.8) is 0 Å². The number of aldehydes is 1. The largest absolute Gasteiger partial charge is 0.506 e. The van der Waals surface area contributed by atoms with Gasteiger partial charge in [-0.3, -0.25) is 4.79 Å². The van der Waals surface area contributed by atoms with Crippen molar-refractivity contribution in [1.29, 1.82) is 0 Å². The molecule has 1 unspecified atom stereocenters. The summed E-state index contributed by atoms with van der Waals surface area (Å²) in [5.74, 6) is 0.518. The third kappa shape index (κ3) is 1.38. The number of piperidine rings is 1. The molecule has 1 aliphatic carbocycles. The van der Waals surface area contributed by atoms with E-state index in [2.05, 4.69) is 31.4 Å². The number of hydrogen-bond acceptors (Lipinski definition) is 3. The van der Waals surface area contributed by atoms with E-state index in [-0.39, 0.29) is 17.1 Å². The summed E-state index contributed by atoms with van der Waals surface area (Å²) in [7, 11) is 2.36. The van der Waals surface area contributed by atoms with Crippen molar-refractivity contribution in [3.05, 3.63) is 46.7 Å². The van der Waals surface area contributed by atoms with Crippen molar-refractivity contribution < 1.29 is 14.4 Å². The van der Waals surface area contributed by atoms with Crippen molar-refractivity contribution in [2.75, 3.05) is 25.5 Å². The molecule has 0 radical (unpaired) electrons. The van der Waals surface area contributed by atoms with Crippen molar-refractivity contribution in [3.8, 4) is 5.75 Å². The van der Waals surface area contributed by atoms with E-state index in [4.69, 9.17) is 0 Å². The van der Waals surface area contributed by atoms with Crippen molar-refractivity contribution >= 4 is 12.0 Å². The molecule has 2 saturated heterocycles. The summed E-state index contributed by atoms with van der Waals surface area (Å²) in [5, 5.41) is 13.8. The number of phenols is 1. The Morgan fingerprint density at radius 1 is 1.42 bits per heavy atom. The number of para-hydroxylation sites is 1. The Hall–Kier alpha value is -2.07. The lowest BCUT2D eigenvalue weighted by Crippen LogP contribution is -2.61. The van der Waals surface area contributed by atoms with Crippen LogP contribution >= 0.6 is 0 Å². The molecule has 1 aromatic rings. The monoisotopic (exact) mass is 323 g/mol. The zero-order valence-electron chi connectivity index (χ0n) is 14.2. The molecule has 4 aliphatic rings. The summed E-state index contributed by atoms with van der Waals surface area (Å²) in [6, 6.07) is 6.27. The number of nitrogens with one attached hydrogen (secondary N) is 1. The van der Waals surface area contributed by atoms with Gasteiger partial charge in [-0.05, 0) is 24.1 Å². The minimum atomic E-state index is -0.130. The molecule has 5 rings (SSSR count). The maximum Gasteiger partial charge on any atom is 0.148 e. The lowest BCUT2D eigenvalue weighted by atomic mass is 9.61. The number of nitrogens with zero attached hydrogens (tertiary/aromatic N) is 1. The molecule has 2 fully saturated rings. The van der Waals surface area contributed by atoms with Crippen LogP contribution in [0, 0.1) is 5.92 Å². The Morgan fingerprint density at radius 2 is 2.25 bits per heavy atom. The topological polar surface area (TPSA) is 49.3 Å². The Balaban J connectivity index is 1.86. The van der Waals surface area contributed by atoms with E-state index in [1.54, 1.807) is 6.07 Å². The van der Waals surface area contributed by atoms with Gasteiger partial charge in [-0.25, -0.2) is 0 Å². The molecule has 2 N–H and O–H groups in total. The number of allylic oxidation sites excluding steroid dienone is 2. The van der Waals surface area contributed by atoms with Crippen molar-refractivity contribution in [1.82, 2.24) is 0 Å². The SMILES string of the molecule is C/C=C1/C[N+]2(C)CC[C@]34C(=C(C=O)[C@H]1C[C@@H]32)Nc1c(O)cccc14. The van der Waals surface area contributed by atoms with Gasteiger partial charge in [0.05, 0.1) is 24.7 Å². The molecule has 24 heavy (non-hydrogen) atoms. The standard InChI is InChI=1S/C20H22N2O2/c1-3-12-10-22(2)8-7-20-15-5-4-6-16(24)18(15)21-19(20)14(11-23)13(12)9-17(20)22/h3-6,11,13,17H,7-10H2,1-2H3,(H-,21,23,24)/p+1/b12-3-/t13-,17-,20+,22?/m0/s1. The number of quaternary nitrogens is 1. The molecule has 0 saturated carbocycles. The van der Waals surface area contributed by atoms with Crippen molar-refractivity contribution in [2.24, 2.45) is 5.92 Å². The fraction of sp³-hybridized carbons (Fsp3) is 0.450. The summed E-state index contributed by atoms with van der Waals surface area (Å²) in [6.45, 7) is 4.24. The van der Waals surface area contributed by atoms with E-state index in [1.165, 1.54) is 11.1 Å². The second-order valence-corrected chi connectivity index (χ2v) is 8.02. The minimum Gasteiger partial charge on any atom is -0.506 e. The van der Waals surface area contributed by atoms with Gasteiger partial charge in [0.2, 0.25) is 0 Å². The fourth-order valence-electron chi connectivity index (χ4n) is 6.12. The Bertz CT molecular complexity index is 840. The summed E-state index contributed by atoms with van der Waals surface area (Å²) >= 11 is 0. The number of anilines is 1. The molecule has 4 atom stereocenters. The fourth-order valence-corrected chi connectivity index (χ4v) is 6.12. The Labute approximate surface area is 142 Å². The van der Waals surface area contributed by atoms with Gasteiger partial charge >= 0.3 is 0 Å². The first kappa shape index (κ1) is 14.3. The first-order valence-corrected chi connectivity index (χ1v) is 8.84. The van der Waals surface area contributed by atoms with Crippen LogP contribution in [0.4, 0.5) is 5.69 Å². The van der Waals surface area contributed by atoms with Crippen LogP contribution in [0.1, 0.15) is 25.3 Å². The quantitative estimate of drug-likeness (QED) is 0.362. The number of likely N-dealkylation sites (N-methyl/N-ethyl adjacent to an activating group) is 1. The normalized spacial score (nSPS) is 40.3. The maximum absolute atomic E-state index is 12.1. The highest BCUT2D eigenvalue weighted by Gasteiger charge is 2.67. The van der Waals surface area contributed by atoms with E-state index in [9.17, 15) is 9.90 Å². The number of rotatable bonds is 1. The zero-order chi connectivity index (χ0) is 16.7. The summed E-state index contributed by atoms with van der Waals surface area (Å²) in [4.78, 5) is 12.1. The second-order valence-electron chi connectivity index (χ2n) is 8.02. The Morgan fingerprint density at radius 3 is 3.00 bits per heavy atom. The van der Waals surface area contributed by atoms with Gasteiger partial charge in [0.1, 0.15) is 24.6 Å². The lowest BCUT2D eigenvalue weighted by molar-refractivity contribution is -0.923. The van der Waals surface area contributed by atoms with E-state index in [1.807, 2.05) is 6.07 Å². The van der Waals surface area contributed by atoms with Gasteiger partial charge in [0, 0.05) is 30.0 Å². The average molecular weight is 323 g/mol. The third-order valence-electron chi connectivity index (χ3n) is 7.17. The molecule has 2 bridgehead atoms. The Kier molecular flexibility index (Phi) is 2.56. The van der Waals surface area contributed by atoms with Gasteiger partial charge in [0.25, 0.3) is 0 Å². The molecule has 4 nitrogen and oxygen atoms in total. The molecular formula is C20H23N2O2+. The summed E-state index contributed by atoms with van der Waals surface area (Å²) in [5.41, 5.74) is 5.23. The lowest BCUT2D eigenvalue weighted by Gasteiger charge is -2.51. The van der Waals surface area contributed by atoms with Crippen LogP contribution < -0.4 is 5.32 Å².